The summed E-state index contributed by atoms with van der Waals surface area (Å²) in [5.74, 6) is 1.23. The topological polar surface area (TPSA) is 39.7 Å². The monoisotopic (exact) mass is 307 g/mol. The Kier molecular flexibility index (Phi) is 7.14. The molecule has 4 nitrogen and oxygen atoms in total. The van der Waals surface area contributed by atoms with Crippen molar-refractivity contribution >= 4 is 5.69 Å². The van der Waals surface area contributed by atoms with Gasteiger partial charge in [-0.15, -0.1) is 0 Å². The minimum atomic E-state index is -4.29. The van der Waals surface area contributed by atoms with Gasteiger partial charge in [0.25, 0.3) is 0 Å². The van der Waals surface area contributed by atoms with Crippen molar-refractivity contribution in [3.05, 3.63) is 18.2 Å². The summed E-state index contributed by atoms with van der Waals surface area (Å²) in [5.41, 5.74) is 0.734. The molecule has 0 unspecified atom stereocenters. The smallest absolute Gasteiger partial charge is 0.411 e. The van der Waals surface area contributed by atoms with Gasteiger partial charge < -0.3 is 19.5 Å². The predicted molar refractivity (Wildman–Crippen MR) is 74.1 cm³/mol. The summed E-state index contributed by atoms with van der Waals surface area (Å²) in [6.07, 6.45) is -4.29. The number of hydrogen-bond acceptors (Lipinski definition) is 4. The maximum Gasteiger partial charge on any atom is 0.411 e. The van der Waals surface area contributed by atoms with Crippen molar-refractivity contribution < 1.29 is 27.4 Å². The van der Waals surface area contributed by atoms with Crippen LogP contribution < -0.4 is 14.8 Å². The molecule has 0 heterocycles. The first-order valence-corrected chi connectivity index (χ1v) is 6.74. The lowest BCUT2D eigenvalue weighted by Crippen LogP contribution is -2.20. The first-order valence-electron chi connectivity index (χ1n) is 6.74. The number of ether oxygens (including phenoxy) is 3. The minimum absolute atomic E-state index is 0.0311. The van der Waals surface area contributed by atoms with E-state index in [0.29, 0.717) is 24.7 Å². The summed E-state index contributed by atoms with van der Waals surface area (Å²) in [6, 6.07) is 5.28. The molecule has 0 aliphatic rings. The van der Waals surface area contributed by atoms with Crippen molar-refractivity contribution in [1.82, 2.24) is 0 Å². The standard InChI is InChI=1S/C14H20F3NO3/c1-3-20-12-6-5-11(9-13(12)21-4-2)18-7-8-19-10-14(15,16)17/h5-6,9,18H,3-4,7-8,10H2,1-2H3. The molecule has 0 amide bonds. The molecule has 0 spiro atoms. The fraction of sp³-hybridized carbons (Fsp3) is 0.571. The number of halogens is 3. The van der Waals surface area contributed by atoms with Gasteiger partial charge >= 0.3 is 6.18 Å². The Balaban J connectivity index is 2.46. The van der Waals surface area contributed by atoms with E-state index >= 15 is 0 Å². The van der Waals surface area contributed by atoms with Gasteiger partial charge in [0.05, 0.1) is 19.8 Å². The Labute approximate surface area is 122 Å². The van der Waals surface area contributed by atoms with Gasteiger partial charge in [-0.2, -0.15) is 13.2 Å². The van der Waals surface area contributed by atoms with Crippen LogP contribution in [0.4, 0.5) is 18.9 Å². The highest BCUT2D eigenvalue weighted by Crippen LogP contribution is 2.30. The molecule has 1 aromatic rings. The van der Waals surface area contributed by atoms with Gasteiger partial charge in [0, 0.05) is 18.3 Å². The van der Waals surface area contributed by atoms with Crippen LogP contribution in [0.1, 0.15) is 13.8 Å². The third-order valence-corrected chi connectivity index (χ3v) is 2.38. The Morgan fingerprint density at radius 2 is 1.71 bits per heavy atom. The van der Waals surface area contributed by atoms with Crippen LogP contribution in [0.5, 0.6) is 11.5 Å². The molecule has 0 bridgehead atoms. The quantitative estimate of drug-likeness (QED) is 0.709. The molecule has 0 aliphatic heterocycles. The van der Waals surface area contributed by atoms with Crippen molar-refractivity contribution in [3.8, 4) is 11.5 Å². The highest BCUT2D eigenvalue weighted by Gasteiger charge is 2.27. The normalized spacial score (nSPS) is 11.3. The van der Waals surface area contributed by atoms with Crippen LogP contribution >= 0.6 is 0 Å². The number of rotatable bonds is 9. The fourth-order valence-corrected chi connectivity index (χ4v) is 1.62. The van der Waals surface area contributed by atoms with Crippen LogP contribution in [0.2, 0.25) is 0 Å². The Morgan fingerprint density at radius 3 is 2.33 bits per heavy atom. The van der Waals surface area contributed by atoms with Crippen LogP contribution in [-0.2, 0) is 4.74 Å². The van der Waals surface area contributed by atoms with E-state index in [1.165, 1.54) is 0 Å². The average molecular weight is 307 g/mol. The van der Waals surface area contributed by atoms with Crippen LogP contribution in [0.25, 0.3) is 0 Å². The second-order valence-electron chi connectivity index (χ2n) is 4.12. The lowest BCUT2D eigenvalue weighted by molar-refractivity contribution is -0.172. The second-order valence-corrected chi connectivity index (χ2v) is 4.12. The van der Waals surface area contributed by atoms with Gasteiger partial charge in [-0.1, -0.05) is 0 Å². The lowest BCUT2D eigenvalue weighted by Gasteiger charge is -2.13. The zero-order valence-corrected chi connectivity index (χ0v) is 12.1. The Bertz CT molecular complexity index is 424. The van der Waals surface area contributed by atoms with Gasteiger partial charge in [-0.3, -0.25) is 0 Å². The largest absolute Gasteiger partial charge is 0.490 e. The highest BCUT2D eigenvalue weighted by molar-refractivity contribution is 5.54. The lowest BCUT2D eigenvalue weighted by atomic mass is 10.2. The van der Waals surface area contributed by atoms with Crippen LogP contribution in [0.15, 0.2) is 18.2 Å². The molecular formula is C14H20F3NO3. The zero-order valence-electron chi connectivity index (χ0n) is 12.1. The first-order chi connectivity index (χ1) is 9.96. The van der Waals surface area contributed by atoms with Gasteiger partial charge in [0.1, 0.15) is 6.61 Å². The van der Waals surface area contributed by atoms with E-state index in [0.717, 1.165) is 5.69 Å². The van der Waals surface area contributed by atoms with E-state index in [-0.39, 0.29) is 13.2 Å². The predicted octanol–water partition coefficient (Wildman–Crippen LogP) is 3.47. The molecule has 0 aromatic heterocycles. The number of nitrogens with one attached hydrogen (secondary N) is 1. The number of benzene rings is 1. The van der Waals surface area contributed by atoms with Gasteiger partial charge in [0.15, 0.2) is 11.5 Å². The van der Waals surface area contributed by atoms with E-state index in [1.807, 2.05) is 13.8 Å². The van der Waals surface area contributed by atoms with E-state index in [4.69, 9.17) is 9.47 Å². The van der Waals surface area contributed by atoms with Crippen molar-refractivity contribution in [2.45, 2.75) is 20.0 Å². The molecule has 0 saturated heterocycles. The molecule has 1 aromatic carbocycles. The summed E-state index contributed by atoms with van der Waals surface area (Å²) in [7, 11) is 0. The molecular weight excluding hydrogens is 287 g/mol. The van der Waals surface area contributed by atoms with Gasteiger partial charge in [-0.05, 0) is 26.0 Å². The SMILES string of the molecule is CCOc1ccc(NCCOCC(F)(F)F)cc1OCC. The minimum Gasteiger partial charge on any atom is -0.490 e. The zero-order chi connectivity index (χ0) is 15.7. The summed E-state index contributed by atoms with van der Waals surface area (Å²) in [4.78, 5) is 0. The van der Waals surface area contributed by atoms with E-state index < -0.39 is 12.8 Å². The molecule has 21 heavy (non-hydrogen) atoms. The number of hydrogen-bond donors (Lipinski definition) is 1. The molecule has 1 N–H and O–H groups in total. The number of anilines is 1. The van der Waals surface area contributed by atoms with Crippen molar-refractivity contribution in [1.29, 1.82) is 0 Å². The van der Waals surface area contributed by atoms with Crippen LogP contribution in [0.3, 0.4) is 0 Å². The maximum atomic E-state index is 11.9. The van der Waals surface area contributed by atoms with Crippen molar-refractivity contribution in [3.63, 3.8) is 0 Å². The molecule has 0 radical (unpaired) electrons. The third kappa shape index (κ3) is 7.08. The number of alkyl halides is 3. The van der Waals surface area contributed by atoms with E-state index in [2.05, 4.69) is 10.1 Å². The summed E-state index contributed by atoms with van der Waals surface area (Å²) in [5, 5.41) is 2.97. The molecule has 7 heteroatoms. The average Bonchev–Trinajstić information content (AvgIpc) is 2.40. The van der Waals surface area contributed by atoms with Crippen molar-refractivity contribution in [2.24, 2.45) is 0 Å². The summed E-state index contributed by atoms with van der Waals surface area (Å²) < 4.78 is 51.1. The van der Waals surface area contributed by atoms with Gasteiger partial charge in [-0.25, -0.2) is 0 Å². The van der Waals surface area contributed by atoms with Crippen LogP contribution in [0, 0.1) is 0 Å². The Morgan fingerprint density at radius 1 is 1.05 bits per heavy atom. The van der Waals surface area contributed by atoms with E-state index in [1.54, 1.807) is 18.2 Å². The maximum absolute atomic E-state index is 11.9. The molecule has 0 saturated carbocycles. The van der Waals surface area contributed by atoms with Crippen molar-refractivity contribution in [2.75, 3.05) is 38.3 Å². The Hall–Kier alpha value is -1.63. The summed E-state index contributed by atoms with van der Waals surface area (Å²) in [6.45, 7) is 3.77. The van der Waals surface area contributed by atoms with Crippen LogP contribution in [-0.4, -0.2) is 39.1 Å². The fourth-order valence-electron chi connectivity index (χ4n) is 1.62. The highest BCUT2D eigenvalue weighted by atomic mass is 19.4. The van der Waals surface area contributed by atoms with Gasteiger partial charge in [0.2, 0.25) is 0 Å². The second kappa shape index (κ2) is 8.61. The first kappa shape index (κ1) is 17.4. The molecule has 0 aliphatic carbocycles. The van der Waals surface area contributed by atoms with E-state index in [9.17, 15) is 13.2 Å². The molecule has 1 rings (SSSR count). The third-order valence-electron chi connectivity index (χ3n) is 2.38. The summed E-state index contributed by atoms with van der Waals surface area (Å²) >= 11 is 0. The molecule has 120 valence electrons. The molecule has 0 fully saturated rings. The molecule has 0 atom stereocenters.